The first-order valence-electron chi connectivity index (χ1n) is 6.14. The van der Waals surface area contributed by atoms with Crippen molar-refractivity contribution < 1.29 is 4.79 Å². The molecule has 0 bridgehead atoms. The molecule has 1 aromatic carbocycles. The van der Waals surface area contributed by atoms with Gasteiger partial charge in [-0.1, -0.05) is 29.9 Å². The molecule has 0 aliphatic rings. The van der Waals surface area contributed by atoms with Crippen LogP contribution in [0, 0.1) is 20.8 Å². The highest BCUT2D eigenvalue weighted by molar-refractivity contribution is 8.00. The maximum Gasteiger partial charge on any atom is 0.234 e. The number of thioether (sulfide) groups is 1. The van der Waals surface area contributed by atoms with Crippen LogP contribution < -0.4 is 11.1 Å². The SMILES string of the molecule is Cc1cc(C)c(NC(=O)CSCCC(N)=S)c(C)c1. The molecule has 0 atom stereocenters. The molecule has 0 saturated carbocycles. The van der Waals surface area contributed by atoms with Gasteiger partial charge in [0.1, 0.15) is 0 Å². The van der Waals surface area contributed by atoms with Crippen molar-refractivity contribution in [1.29, 1.82) is 0 Å². The molecule has 0 unspecified atom stereocenters. The van der Waals surface area contributed by atoms with E-state index in [-0.39, 0.29) is 5.91 Å². The molecule has 3 N–H and O–H groups in total. The number of hydrogen-bond acceptors (Lipinski definition) is 3. The Morgan fingerprint density at radius 2 is 1.89 bits per heavy atom. The lowest BCUT2D eigenvalue weighted by atomic mass is 10.1. The second-order valence-corrected chi connectivity index (χ2v) is 6.22. The lowest BCUT2D eigenvalue weighted by molar-refractivity contribution is -0.113. The lowest BCUT2D eigenvalue weighted by Gasteiger charge is -2.12. The van der Waals surface area contributed by atoms with E-state index in [1.54, 1.807) is 11.8 Å². The van der Waals surface area contributed by atoms with Gasteiger partial charge in [-0.3, -0.25) is 4.79 Å². The zero-order valence-corrected chi connectivity index (χ0v) is 13.2. The number of nitrogens with one attached hydrogen (secondary N) is 1. The minimum atomic E-state index is 0.0167. The summed E-state index contributed by atoms with van der Waals surface area (Å²) in [6, 6.07) is 4.14. The van der Waals surface area contributed by atoms with E-state index < -0.39 is 0 Å². The van der Waals surface area contributed by atoms with Gasteiger partial charge in [-0.05, 0) is 31.9 Å². The molecule has 3 nitrogen and oxygen atoms in total. The molecule has 0 aliphatic carbocycles. The number of aryl methyl sites for hydroxylation is 3. The summed E-state index contributed by atoms with van der Waals surface area (Å²) in [7, 11) is 0. The molecule has 104 valence electrons. The van der Waals surface area contributed by atoms with Gasteiger partial charge in [-0.25, -0.2) is 0 Å². The molecule has 1 aromatic rings. The fourth-order valence-electron chi connectivity index (χ4n) is 1.89. The van der Waals surface area contributed by atoms with E-state index in [2.05, 4.69) is 24.4 Å². The number of nitrogens with two attached hydrogens (primary N) is 1. The van der Waals surface area contributed by atoms with Crippen LogP contribution in [0.2, 0.25) is 0 Å². The van der Waals surface area contributed by atoms with Crippen molar-refractivity contribution >= 4 is 40.6 Å². The highest BCUT2D eigenvalue weighted by atomic mass is 32.2. The van der Waals surface area contributed by atoms with Crippen LogP contribution >= 0.6 is 24.0 Å². The summed E-state index contributed by atoms with van der Waals surface area (Å²) in [4.78, 5) is 12.3. The van der Waals surface area contributed by atoms with Gasteiger partial charge in [0.25, 0.3) is 0 Å². The highest BCUT2D eigenvalue weighted by Gasteiger charge is 2.08. The third-order valence-corrected chi connectivity index (χ3v) is 3.83. The van der Waals surface area contributed by atoms with E-state index in [9.17, 15) is 4.79 Å². The van der Waals surface area contributed by atoms with Crippen molar-refractivity contribution in [3.8, 4) is 0 Å². The van der Waals surface area contributed by atoms with Crippen LogP contribution in [-0.2, 0) is 4.79 Å². The van der Waals surface area contributed by atoms with Gasteiger partial charge in [-0.15, -0.1) is 0 Å². The molecule has 1 amide bonds. The smallest absolute Gasteiger partial charge is 0.234 e. The molecule has 1 rings (SSSR count). The molecule has 0 aliphatic heterocycles. The van der Waals surface area contributed by atoms with Gasteiger partial charge in [0.15, 0.2) is 0 Å². The van der Waals surface area contributed by atoms with Gasteiger partial charge >= 0.3 is 0 Å². The maximum atomic E-state index is 11.9. The van der Waals surface area contributed by atoms with E-state index >= 15 is 0 Å². The summed E-state index contributed by atoms with van der Waals surface area (Å²) in [6.45, 7) is 6.07. The minimum Gasteiger partial charge on any atom is -0.393 e. The van der Waals surface area contributed by atoms with Crippen LogP contribution in [0.25, 0.3) is 0 Å². The molecular weight excluding hydrogens is 276 g/mol. The van der Waals surface area contributed by atoms with Crippen molar-refractivity contribution in [2.24, 2.45) is 5.73 Å². The van der Waals surface area contributed by atoms with Gasteiger partial charge in [0.05, 0.1) is 10.7 Å². The molecule has 19 heavy (non-hydrogen) atoms. The fraction of sp³-hybridized carbons (Fsp3) is 0.429. The first-order valence-corrected chi connectivity index (χ1v) is 7.70. The second kappa shape index (κ2) is 7.50. The zero-order valence-electron chi connectivity index (χ0n) is 11.6. The van der Waals surface area contributed by atoms with E-state index in [1.165, 1.54) is 5.56 Å². The summed E-state index contributed by atoms with van der Waals surface area (Å²) in [6.07, 6.45) is 0.676. The molecule has 0 radical (unpaired) electrons. The first kappa shape index (κ1) is 16.0. The molecular formula is C14H20N2OS2. The monoisotopic (exact) mass is 296 g/mol. The average molecular weight is 296 g/mol. The number of thiocarbonyl (C=S) groups is 1. The predicted molar refractivity (Wildman–Crippen MR) is 88.0 cm³/mol. The topological polar surface area (TPSA) is 55.1 Å². The third-order valence-electron chi connectivity index (χ3n) is 2.67. The Balaban J connectivity index is 2.51. The summed E-state index contributed by atoms with van der Waals surface area (Å²) >= 11 is 6.33. The third kappa shape index (κ3) is 5.61. The van der Waals surface area contributed by atoms with Gasteiger partial charge in [-0.2, -0.15) is 11.8 Å². The van der Waals surface area contributed by atoms with Crippen LogP contribution in [0.1, 0.15) is 23.1 Å². The fourth-order valence-corrected chi connectivity index (χ4v) is 2.89. The molecule has 0 fully saturated rings. The number of benzene rings is 1. The van der Waals surface area contributed by atoms with Crippen LogP contribution in [0.4, 0.5) is 5.69 Å². The number of hydrogen-bond donors (Lipinski definition) is 2. The molecule has 0 saturated heterocycles. The van der Waals surface area contributed by atoms with Crippen LogP contribution in [0.5, 0.6) is 0 Å². The second-order valence-electron chi connectivity index (χ2n) is 4.59. The number of carbonyl (C=O) groups excluding carboxylic acids is 1. The molecule has 5 heteroatoms. The Hall–Kier alpha value is -1.07. The number of amides is 1. The summed E-state index contributed by atoms with van der Waals surface area (Å²) < 4.78 is 0. The Morgan fingerprint density at radius 1 is 1.32 bits per heavy atom. The van der Waals surface area contributed by atoms with Crippen LogP contribution in [0.15, 0.2) is 12.1 Å². The molecule has 0 spiro atoms. The van der Waals surface area contributed by atoms with Crippen molar-refractivity contribution in [3.63, 3.8) is 0 Å². The van der Waals surface area contributed by atoms with Crippen LogP contribution in [0.3, 0.4) is 0 Å². The van der Waals surface area contributed by atoms with E-state index in [4.69, 9.17) is 18.0 Å². The molecule has 0 aromatic heterocycles. The Labute approximate surface area is 124 Å². The van der Waals surface area contributed by atoms with Crippen molar-refractivity contribution in [3.05, 3.63) is 28.8 Å². The Kier molecular flexibility index (Phi) is 6.31. The Bertz CT molecular complexity index is 463. The normalized spacial score (nSPS) is 10.3. The van der Waals surface area contributed by atoms with Crippen LogP contribution in [-0.4, -0.2) is 22.4 Å². The van der Waals surface area contributed by atoms with Gasteiger partial charge < -0.3 is 11.1 Å². The minimum absolute atomic E-state index is 0.0167. The quantitative estimate of drug-likeness (QED) is 0.626. The standard InChI is InChI=1S/C14H20N2OS2/c1-9-6-10(2)14(11(3)7-9)16-13(17)8-19-5-4-12(15)18/h6-7H,4-5,8H2,1-3H3,(H2,15,18)(H,16,17). The largest absolute Gasteiger partial charge is 0.393 e. The van der Waals surface area contributed by atoms with Gasteiger partial charge in [0.2, 0.25) is 5.91 Å². The summed E-state index contributed by atoms with van der Waals surface area (Å²) in [5.74, 6) is 1.23. The molecule has 0 heterocycles. The predicted octanol–water partition coefficient (Wildman–Crippen LogP) is 2.96. The number of carbonyl (C=O) groups is 1. The van der Waals surface area contributed by atoms with Gasteiger partial charge in [0, 0.05) is 17.9 Å². The average Bonchev–Trinajstić information content (AvgIpc) is 2.29. The Morgan fingerprint density at radius 3 is 2.42 bits per heavy atom. The van der Waals surface area contributed by atoms with Crippen molar-refractivity contribution in [2.45, 2.75) is 27.2 Å². The maximum absolute atomic E-state index is 11.9. The van der Waals surface area contributed by atoms with E-state index in [0.717, 1.165) is 22.6 Å². The van der Waals surface area contributed by atoms with E-state index in [0.29, 0.717) is 17.2 Å². The zero-order chi connectivity index (χ0) is 14.4. The number of anilines is 1. The summed E-state index contributed by atoms with van der Waals surface area (Å²) in [5, 5.41) is 2.97. The number of rotatable bonds is 6. The van der Waals surface area contributed by atoms with Crippen molar-refractivity contribution in [1.82, 2.24) is 0 Å². The van der Waals surface area contributed by atoms with E-state index in [1.807, 2.05) is 13.8 Å². The first-order chi connectivity index (χ1) is 8.90. The highest BCUT2D eigenvalue weighted by Crippen LogP contribution is 2.22. The van der Waals surface area contributed by atoms with Crippen molar-refractivity contribution in [2.75, 3.05) is 16.8 Å². The summed E-state index contributed by atoms with van der Waals surface area (Å²) in [5.41, 5.74) is 9.73. The lowest BCUT2D eigenvalue weighted by Crippen LogP contribution is -2.17.